The van der Waals surface area contributed by atoms with E-state index in [4.69, 9.17) is 5.73 Å². The summed E-state index contributed by atoms with van der Waals surface area (Å²) < 4.78 is 0. The summed E-state index contributed by atoms with van der Waals surface area (Å²) in [6, 6.07) is 0.388. The highest BCUT2D eigenvalue weighted by Gasteiger charge is 2.21. The van der Waals surface area contributed by atoms with Crippen LogP contribution in [0.3, 0.4) is 0 Å². The summed E-state index contributed by atoms with van der Waals surface area (Å²) in [6.07, 6.45) is 8.84. The molecule has 0 unspecified atom stereocenters. The van der Waals surface area contributed by atoms with E-state index in [1.165, 1.54) is 32.1 Å². The van der Waals surface area contributed by atoms with E-state index in [2.05, 4.69) is 12.2 Å². The van der Waals surface area contributed by atoms with Gasteiger partial charge >= 0.3 is 0 Å². The molecule has 88 valence electrons. The van der Waals surface area contributed by atoms with E-state index in [0.717, 1.165) is 18.8 Å². The first-order chi connectivity index (χ1) is 7.26. The van der Waals surface area contributed by atoms with Crippen LogP contribution in [0.15, 0.2) is 0 Å². The number of hydrogen-bond acceptors (Lipinski definition) is 2. The molecule has 0 heterocycles. The predicted octanol–water partition coefficient (Wildman–Crippen LogP) is 1.81. The Bertz CT molecular complexity index is 186. The minimum atomic E-state index is -0.00740. The Hall–Kier alpha value is -0.570. The summed E-state index contributed by atoms with van der Waals surface area (Å²) in [7, 11) is 0. The number of carbonyl (C=O) groups excluding carboxylic acids is 1. The predicted molar refractivity (Wildman–Crippen MR) is 62.5 cm³/mol. The second-order valence-electron chi connectivity index (χ2n) is 4.63. The summed E-state index contributed by atoms with van der Waals surface area (Å²) in [4.78, 5) is 11.1. The minimum Gasteiger partial charge on any atom is -0.352 e. The molecule has 15 heavy (non-hydrogen) atoms. The van der Waals surface area contributed by atoms with Crippen LogP contribution in [0.25, 0.3) is 0 Å². The molecule has 1 rings (SSSR count). The third kappa shape index (κ3) is 4.65. The zero-order chi connectivity index (χ0) is 11.1. The number of carbonyl (C=O) groups is 1. The maximum atomic E-state index is 11.1. The average molecular weight is 212 g/mol. The van der Waals surface area contributed by atoms with Gasteiger partial charge in [-0.15, -0.1) is 0 Å². The second-order valence-corrected chi connectivity index (χ2v) is 4.63. The molecular formula is C12H24N2O. The lowest BCUT2D eigenvalue weighted by molar-refractivity contribution is -0.120. The number of rotatable bonds is 5. The molecule has 3 heteroatoms. The Morgan fingerprint density at radius 3 is 2.53 bits per heavy atom. The highest BCUT2D eigenvalue weighted by molar-refractivity contribution is 5.78. The fourth-order valence-electron chi connectivity index (χ4n) is 2.37. The van der Waals surface area contributed by atoms with Gasteiger partial charge in [-0.25, -0.2) is 0 Å². The van der Waals surface area contributed by atoms with Gasteiger partial charge in [0.2, 0.25) is 5.91 Å². The molecule has 3 N–H and O–H groups in total. The van der Waals surface area contributed by atoms with E-state index in [0.29, 0.717) is 6.04 Å². The number of nitrogens with one attached hydrogen (secondary N) is 1. The van der Waals surface area contributed by atoms with Crippen molar-refractivity contribution in [1.29, 1.82) is 0 Å². The topological polar surface area (TPSA) is 55.1 Å². The molecule has 1 amide bonds. The van der Waals surface area contributed by atoms with E-state index in [9.17, 15) is 4.79 Å². The van der Waals surface area contributed by atoms with Crippen LogP contribution in [0.4, 0.5) is 0 Å². The number of hydrogen-bond donors (Lipinski definition) is 2. The maximum Gasteiger partial charge on any atom is 0.233 e. The zero-order valence-corrected chi connectivity index (χ0v) is 9.80. The van der Waals surface area contributed by atoms with Crippen LogP contribution in [0.1, 0.15) is 51.9 Å². The first kappa shape index (κ1) is 12.5. The van der Waals surface area contributed by atoms with Crippen LogP contribution in [-0.4, -0.2) is 18.5 Å². The van der Waals surface area contributed by atoms with Crippen molar-refractivity contribution < 1.29 is 4.79 Å². The smallest absolute Gasteiger partial charge is 0.233 e. The molecule has 0 aromatic rings. The number of nitrogens with two attached hydrogens (primary N) is 1. The van der Waals surface area contributed by atoms with Crippen molar-refractivity contribution in [1.82, 2.24) is 5.32 Å². The van der Waals surface area contributed by atoms with Crippen LogP contribution in [0.2, 0.25) is 0 Å². The average Bonchev–Trinajstić information content (AvgIpc) is 2.28. The lowest BCUT2D eigenvalue weighted by atomic mass is 9.83. The molecule has 1 fully saturated rings. The van der Waals surface area contributed by atoms with Crippen molar-refractivity contribution in [3.8, 4) is 0 Å². The lowest BCUT2D eigenvalue weighted by Gasteiger charge is -2.29. The molecule has 1 saturated carbocycles. The molecule has 0 radical (unpaired) electrons. The quantitative estimate of drug-likeness (QED) is 0.730. The van der Waals surface area contributed by atoms with Gasteiger partial charge in [-0.2, -0.15) is 0 Å². The molecule has 1 aliphatic rings. The molecule has 0 aliphatic heterocycles. The Morgan fingerprint density at radius 2 is 2.00 bits per heavy atom. The first-order valence-electron chi connectivity index (χ1n) is 6.25. The van der Waals surface area contributed by atoms with Crippen LogP contribution < -0.4 is 11.1 Å². The van der Waals surface area contributed by atoms with Gasteiger partial charge in [0.1, 0.15) is 0 Å². The SMILES string of the molecule is CCCCC1CCC(NC(=O)CN)CC1. The molecule has 0 spiro atoms. The van der Waals surface area contributed by atoms with E-state index in [1.807, 2.05) is 0 Å². The zero-order valence-electron chi connectivity index (χ0n) is 9.80. The van der Waals surface area contributed by atoms with Crippen molar-refractivity contribution in [3.63, 3.8) is 0 Å². The minimum absolute atomic E-state index is 0.00740. The van der Waals surface area contributed by atoms with Gasteiger partial charge < -0.3 is 11.1 Å². The Morgan fingerprint density at radius 1 is 1.33 bits per heavy atom. The van der Waals surface area contributed by atoms with E-state index in [1.54, 1.807) is 0 Å². The molecule has 1 aliphatic carbocycles. The van der Waals surface area contributed by atoms with Gasteiger partial charge in [0, 0.05) is 6.04 Å². The highest BCUT2D eigenvalue weighted by Crippen LogP contribution is 2.28. The summed E-state index contributed by atoms with van der Waals surface area (Å²) >= 11 is 0. The fourth-order valence-corrected chi connectivity index (χ4v) is 2.37. The first-order valence-corrected chi connectivity index (χ1v) is 6.25. The van der Waals surface area contributed by atoms with Crippen molar-refractivity contribution in [2.45, 2.75) is 57.9 Å². The molecule has 0 aromatic heterocycles. The Labute approximate surface area is 92.8 Å². The normalized spacial score (nSPS) is 26.3. The largest absolute Gasteiger partial charge is 0.352 e. The van der Waals surface area contributed by atoms with Crippen molar-refractivity contribution in [2.24, 2.45) is 11.7 Å². The summed E-state index contributed by atoms with van der Waals surface area (Å²) in [5.74, 6) is 0.892. The second kappa shape index (κ2) is 6.83. The molecule has 3 nitrogen and oxygen atoms in total. The van der Waals surface area contributed by atoms with Crippen LogP contribution in [0, 0.1) is 5.92 Å². The van der Waals surface area contributed by atoms with Gasteiger partial charge in [0.05, 0.1) is 6.54 Å². The molecule has 0 atom stereocenters. The van der Waals surface area contributed by atoms with Gasteiger partial charge in [-0.3, -0.25) is 4.79 Å². The van der Waals surface area contributed by atoms with E-state index >= 15 is 0 Å². The monoisotopic (exact) mass is 212 g/mol. The van der Waals surface area contributed by atoms with E-state index < -0.39 is 0 Å². The van der Waals surface area contributed by atoms with Crippen LogP contribution >= 0.6 is 0 Å². The van der Waals surface area contributed by atoms with Crippen molar-refractivity contribution in [3.05, 3.63) is 0 Å². The van der Waals surface area contributed by atoms with Crippen LogP contribution in [0.5, 0.6) is 0 Å². The Kier molecular flexibility index (Phi) is 5.69. The number of unbranched alkanes of at least 4 members (excludes halogenated alkanes) is 1. The highest BCUT2D eigenvalue weighted by atomic mass is 16.1. The van der Waals surface area contributed by atoms with Crippen LogP contribution in [-0.2, 0) is 4.79 Å². The summed E-state index contributed by atoms with van der Waals surface area (Å²) in [5, 5.41) is 2.98. The summed E-state index contributed by atoms with van der Waals surface area (Å²) in [5.41, 5.74) is 5.27. The molecule has 0 saturated heterocycles. The Balaban J connectivity index is 2.15. The van der Waals surface area contributed by atoms with Gasteiger partial charge in [0.25, 0.3) is 0 Å². The standard InChI is InChI=1S/C12H24N2O/c1-2-3-4-10-5-7-11(8-6-10)14-12(15)9-13/h10-11H,2-9,13H2,1H3,(H,14,15). The third-order valence-electron chi connectivity index (χ3n) is 3.36. The molecule has 0 bridgehead atoms. The molecule has 0 aromatic carbocycles. The van der Waals surface area contributed by atoms with Gasteiger partial charge in [-0.05, 0) is 31.6 Å². The number of amides is 1. The maximum absolute atomic E-state index is 11.1. The van der Waals surface area contributed by atoms with Gasteiger partial charge in [-0.1, -0.05) is 26.2 Å². The fraction of sp³-hybridized carbons (Fsp3) is 0.917. The summed E-state index contributed by atoms with van der Waals surface area (Å²) in [6.45, 7) is 2.36. The van der Waals surface area contributed by atoms with Gasteiger partial charge in [0.15, 0.2) is 0 Å². The van der Waals surface area contributed by atoms with Crippen molar-refractivity contribution in [2.75, 3.05) is 6.54 Å². The van der Waals surface area contributed by atoms with E-state index in [-0.39, 0.29) is 12.5 Å². The van der Waals surface area contributed by atoms with Crippen molar-refractivity contribution >= 4 is 5.91 Å². The molecular weight excluding hydrogens is 188 g/mol. The lowest BCUT2D eigenvalue weighted by Crippen LogP contribution is -2.40. The third-order valence-corrected chi connectivity index (χ3v) is 3.36.